The minimum Gasteiger partial charge on any atom is -0.396 e. The molecule has 0 atom stereocenters. The number of rotatable bonds is 4. The molecule has 0 aliphatic heterocycles. The number of aliphatic hydroxyl groups excluding tert-OH is 1. The summed E-state index contributed by atoms with van der Waals surface area (Å²) in [5, 5.41) is 12.3. The van der Waals surface area contributed by atoms with E-state index in [9.17, 15) is 0 Å². The van der Waals surface area contributed by atoms with Crippen LogP contribution in [-0.4, -0.2) is 28.2 Å². The van der Waals surface area contributed by atoms with Crippen LogP contribution in [0.4, 0.5) is 5.95 Å². The van der Waals surface area contributed by atoms with Crippen LogP contribution in [0.3, 0.4) is 0 Å². The molecular formula is C13H23N3O. The van der Waals surface area contributed by atoms with E-state index in [-0.39, 0.29) is 17.4 Å². The van der Waals surface area contributed by atoms with Crippen LogP contribution in [0.5, 0.6) is 0 Å². The Morgan fingerprint density at radius 2 is 1.65 bits per heavy atom. The van der Waals surface area contributed by atoms with E-state index < -0.39 is 0 Å². The molecule has 0 amide bonds. The van der Waals surface area contributed by atoms with Gasteiger partial charge in [0.1, 0.15) is 0 Å². The number of aromatic nitrogens is 2. The Morgan fingerprint density at radius 3 is 2.06 bits per heavy atom. The molecule has 0 unspecified atom stereocenters. The zero-order valence-electron chi connectivity index (χ0n) is 11.4. The largest absolute Gasteiger partial charge is 0.396 e. The van der Waals surface area contributed by atoms with Crippen LogP contribution in [0.2, 0.25) is 0 Å². The average Bonchev–Trinajstić information content (AvgIpc) is 2.26. The van der Waals surface area contributed by atoms with Gasteiger partial charge in [-0.05, 0) is 11.0 Å². The van der Waals surface area contributed by atoms with Crippen LogP contribution in [0, 0.1) is 5.41 Å². The van der Waals surface area contributed by atoms with E-state index in [1.165, 1.54) is 0 Å². The highest BCUT2D eigenvalue weighted by molar-refractivity contribution is 5.27. The lowest BCUT2D eigenvalue weighted by Gasteiger charge is -2.22. The van der Waals surface area contributed by atoms with E-state index in [0.717, 1.165) is 5.56 Å². The SMILES string of the molecule is CC(C)(CO)CNc1ncc(C(C)(C)C)cn1. The summed E-state index contributed by atoms with van der Waals surface area (Å²) in [4.78, 5) is 8.56. The van der Waals surface area contributed by atoms with Crippen molar-refractivity contribution >= 4 is 5.95 Å². The average molecular weight is 237 g/mol. The van der Waals surface area contributed by atoms with E-state index >= 15 is 0 Å². The summed E-state index contributed by atoms with van der Waals surface area (Å²) in [7, 11) is 0. The molecular weight excluding hydrogens is 214 g/mol. The van der Waals surface area contributed by atoms with Crippen LogP contribution < -0.4 is 5.32 Å². The molecule has 0 spiro atoms. The van der Waals surface area contributed by atoms with Crippen LogP contribution in [-0.2, 0) is 5.41 Å². The third-order valence-electron chi connectivity index (χ3n) is 2.67. The fraction of sp³-hybridized carbons (Fsp3) is 0.692. The Kier molecular flexibility index (Phi) is 4.09. The molecule has 0 aliphatic rings. The van der Waals surface area contributed by atoms with E-state index in [2.05, 4.69) is 36.1 Å². The van der Waals surface area contributed by atoms with Gasteiger partial charge in [-0.3, -0.25) is 0 Å². The normalized spacial score (nSPS) is 12.6. The maximum absolute atomic E-state index is 9.14. The number of aliphatic hydroxyl groups is 1. The van der Waals surface area contributed by atoms with Crippen molar-refractivity contribution in [3.63, 3.8) is 0 Å². The Balaban J connectivity index is 2.64. The summed E-state index contributed by atoms with van der Waals surface area (Å²) in [6.45, 7) is 11.2. The standard InChI is InChI=1S/C13H23N3O/c1-12(2,3)10-6-14-11(15-7-10)16-8-13(4,5)9-17/h6-7,17H,8-9H2,1-5H3,(H,14,15,16). The molecule has 17 heavy (non-hydrogen) atoms. The zero-order valence-corrected chi connectivity index (χ0v) is 11.4. The van der Waals surface area contributed by atoms with Crippen LogP contribution in [0.15, 0.2) is 12.4 Å². The smallest absolute Gasteiger partial charge is 0.222 e. The number of anilines is 1. The van der Waals surface area contributed by atoms with Gasteiger partial charge in [-0.2, -0.15) is 0 Å². The van der Waals surface area contributed by atoms with Gasteiger partial charge in [-0.25, -0.2) is 9.97 Å². The second-order valence-electron chi connectivity index (χ2n) is 6.22. The molecule has 0 radical (unpaired) electrons. The first kappa shape index (κ1) is 13.9. The lowest BCUT2D eigenvalue weighted by Crippen LogP contribution is -2.27. The Morgan fingerprint density at radius 1 is 1.12 bits per heavy atom. The van der Waals surface area contributed by atoms with Gasteiger partial charge in [0.25, 0.3) is 0 Å². The van der Waals surface area contributed by atoms with E-state index in [0.29, 0.717) is 12.5 Å². The molecule has 1 aromatic rings. The topological polar surface area (TPSA) is 58.0 Å². The molecule has 0 bridgehead atoms. The van der Waals surface area contributed by atoms with Gasteiger partial charge >= 0.3 is 0 Å². The molecule has 0 saturated carbocycles. The van der Waals surface area contributed by atoms with Gasteiger partial charge < -0.3 is 10.4 Å². The van der Waals surface area contributed by atoms with Gasteiger partial charge in [0.15, 0.2) is 0 Å². The van der Waals surface area contributed by atoms with Gasteiger partial charge in [0.2, 0.25) is 5.95 Å². The van der Waals surface area contributed by atoms with Gasteiger partial charge in [0.05, 0.1) is 0 Å². The fourth-order valence-corrected chi connectivity index (χ4v) is 1.18. The van der Waals surface area contributed by atoms with E-state index in [1.807, 2.05) is 26.2 Å². The molecule has 4 nitrogen and oxygen atoms in total. The minimum absolute atomic E-state index is 0.0723. The Labute approximate surface area is 103 Å². The first-order chi connectivity index (χ1) is 7.74. The van der Waals surface area contributed by atoms with Crippen molar-refractivity contribution in [1.82, 2.24) is 9.97 Å². The maximum atomic E-state index is 9.14. The highest BCUT2D eigenvalue weighted by atomic mass is 16.3. The summed E-state index contributed by atoms with van der Waals surface area (Å²) in [6.07, 6.45) is 3.70. The Bertz CT molecular complexity index is 352. The summed E-state index contributed by atoms with van der Waals surface area (Å²) in [6, 6.07) is 0. The molecule has 96 valence electrons. The predicted octanol–water partition coefficient (Wildman–Crippen LogP) is 2.20. The van der Waals surface area contributed by atoms with Gasteiger partial charge in [-0.15, -0.1) is 0 Å². The lowest BCUT2D eigenvalue weighted by molar-refractivity contribution is 0.170. The van der Waals surface area contributed by atoms with E-state index in [1.54, 1.807) is 0 Å². The molecule has 2 N–H and O–H groups in total. The third kappa shape index (κ3) is 4.30. The van der Waals surface area contributed by atoms with Crippen LogP contribution in [0.1, 0.15) is 40.2 Å². The summed E-state index contributed by atoms with van der Waals surface area (Å²) in [5.74, 6) is 0.611. The summed E-state index contributed by atoms with van der Waals surface area (Å²) >= 11 is 0. The number of hydrogen-bond acceptors (Lipinski definition) is 4. The van der Waals surface area contributed by atoms with Crippen molar-refractivity contribution in [3.8, 4) is 0 Å². The highest BCUT2D eigenvalue weighted by Crippen LogP contribution is 2.21. The first-order valence-corrected chi connectivity index (χ1v) is 5.92. The van der Waals surface area contributed by atoms with E-state index in [4.69, 9.17) is 5.11 Å². The fourth-order valence-electron chi connectivity index (χ4n) is 1.18. The maximum Gasteiger partial charge on any atom is 0.222 e. The Hall–Kier alpha value is -1.16. The molecule has 1 heterocycles. The van der Waals surface area contributed by atoms with Gasteiger partial charge in [0, 0.05) is 31.0 Å². The van der Waals surface area contributed by atoms with Crippen LogP contribution >= 0.6 is 0 Å². The van der Waals surface area contributed by atoms with Crippen molar-refractivity contribution in [2.24, 2.45) is 5.41 Å². The monoisotopic (exact) mass is 237 g/mol. The minimum atomic E-state index is -0.161. The summed E-state index contributed by atoms with van der Waals surface area (Å²) in [5.41, 5.74) is 1.03. The molecule has 1 rings (SSSR count). The summed E-state index contributed by atoms with van der Waals surface area (Å²) < 4.78 is 0. The molecule has 0 fully saturated rings. The highest BCUT2D eigenvalue weighted by Gasteiger charge is 2.17. The lowest BCUT2D eigenvalue weighted by atomic mass is 9.89. The van der Waals surface area contributed by atoms with Crippen LogP contribution in [0.25, 0.3) is 0 Å². The third-order valence-corrected chi connectivity index (χ3v) is 2.67. The van der Waals surface area contributed by atoms with Crippen molar-refractivity contribution in [3.05, 3.63) is 18.0 Å². The quantitative estimate of drug-likeness (QED) is 0.843. The molecule has 0 saturated heterocycles. The molecule has 4 heteroatoms. The zero-order chi connectivity index (χ0) is 13.1. The number of nitrogens with one attached hydrogen (secondary N) is 1. The predicted molar refractivity (Wildman–Crippen MR) is 70.1 cm³/mol. The second kappa shape index (κ2) is 5.00. The van der Waals surface area contributed by atoms with Crippen molar-refractivity contribution in [2.75, 3.05) is 18.5 Å². The first-order valence-electron chi connectivity index (χ1n) is 5.92. The van der Waals surface area contributed by atoms with Crippen molar-refractivity contribution < 1.29 is 5.11 Å². The number of nitrogens with zero attached hydrogens (tertiary/aromatic N) is 2. The van der Waals surface area contributed by atoms with Gasteiger partial charge in [-0.1, -0.05) is 34.6 Å². The number of hydrogen-bond donors (Lipinski definition) is 2. The van der Waals surface area contributed by atoms with Crippen molar-refractivity contribution in [2.45, 2.75) is 40.0 Å². The molecule has 0 aliphatic carbocycles. The second-order valence-corrected chi connectivity index (χ2v) is 6.22. The molecule has 0 aromatic carbocycles. The molecule has 1 aromatic heterocycles. The van der Waals surface area contributed by atoms with Crippen molar-refractivity contribution in [1.29, 1.82) is 0 Å².